The molecule has 2 saturated heterocycles. The van der Waals surface area contributed by atoms with Gasteiger partial charge in [-0.05, 0) is 19.3 Å². The Balaban J connectivity index is 1.40. The van der Waals surface area contributed by atoms with Crippen LogP contribution in [0.15, 0.2) is 0 Å². The third-order valence-electron chi connectivity index (χ3n) is 5.01. The van der Waals surface area contributed by atoms with Crippen LogP contribution < -0.4 is 5.32 Å². The highest BCUT2D eigenvalue weighted by Gasteiger charge is 2.49. The van der Waals surface area contributed by atoms with Gasteiger partial charge in [-0.2, -0.15) is 0 Å². The number of hydrogen-bond donors (Lipinski definition) is 1. The molecule has 3 unspecified atom stereocenters. The molecule has 1 saturated carbocycles. The number of amides is 3. The summed E-state index contributed by atoms with van der Waals surface area (Å²) >= 11 is 0. The van der Waals surface area contributed by atoms with E-state index in [2.05, 4.69) is 5.32 Å². The number of rotatable bonds is 4. The summed E-state index contributed by atoms with van der Waals surface area (Å²) in [5.41, 5.74) is 0. The molecule has 3 atom stereocenters. The zero-order valence-corrected chi connectivity index (χ0v) is 13.6. The van der Waals surface area contributed by atoms with Crippen LogP contribution in [0.2, 0.25) is 0 Å². The minimum atomic E-state index is -0.185. The highest BCUT2D eigenvalue weighted by Crippen LogP contribution is 2.40. The maximum absolute atomic E-state index is 12.4. The molecular formula is C16H25N3O4. The zero-order chi connectivity index (χ0) is 16.4. The Morgan fingerprint density at radius 1 is 1.09 bits per heavy atom. The first-order chi connectivity index (χ1) is 11.1. The molecule has 0 aromatic carbocycles. The quantitative estimate of drug-likeness (QED) is 0.764. The molecule has 0 radical (unpaired) electrons. The van der Waals surface area contributed by atoms with Gasteiger partial charge in [-0.15, -0.1) is 0 Å². The Labute approximate surface area is 136 Å². The highest BCUT2D eigenvalue weighted by molar-refractivity contribution is 5.92. The Morgan fingerprint density at radius 2 is 1.78 bits per heavy atom. The molecule has 0 bridgehead atoms. The largest absolute Gasteiger partial charge is 0.376 e. The first kappa shape index (κ1) is 16.2. The fourth-order valence-corrected chi connectivity index (χ4v) is 3.38. The van der Waals surface area contributed by atoms with Crippen molar-refractivity contribution in [1.82, 2.24) is 15.1 Å². The maximum atomic E-state index is 12.4. The number of piperazine rings is 1. The SMILES string of the molecule is CC(=O)N1CCN(C(=O)C2CC2C(=O)NCC2CCCO2)CC1. The number of carbonyl (C=O) groups is 3. The van der Waals surface area contributed by atoms with Gasteiger partial charge >= 0.3 is 0 Å². The fraction of sp³-hybridized carbons (Fsp3) is 0.812. The summed E-state index contributed by atoms with van der Waals surface area (Å²) in [7, 11) is 0. The van der Waals surface area contributed by atoms with Gasteiger partial charge < -0.3 is 19.9 Å². The summed E-state index contributed by atoms with van der Waals surface area (Å²) in [4.78, 5) is 39.4. The Hall–Kier alpha value is -1.63. The van der Waals surface area contributed by atoms with E-state index in [1.54, 1.807) is 16.7 Å². The summed E-state index contributed by atoms with van der Waals surface area (Å²) in [5.74, 6) is -0.278. The number of nitrogens with one attached hydrogen (secondary N) is 1. The van der Waals surface area contributed by atoms with Gasteiger partial charge in [-0.25, -0.2) is 0 Å². The van der Waals surface area contributed by atoms with Crippen molar-refractivity contribution < 1.29 is 19.1 Å². The van der Waals surface area contributed by atoms with Gasteiger partial charge in [-0.1, -0.05) is 0 Å². The van der Waals surface area contributed by atoms with E-state index in [9.17, 15) is 14.4 Å². The maximum Gasteiger partial charge on any atom is 0.226 e. The number of nitrogens with zero attached hydrogens (tertiary/aromatic N) is 2. The molecule has 7 heteroatoms. The normalized spacial score (nSPS) is 30.2. The molecule has 0 aromatic rings. The molecule has 2 aliphatic heterocycles. The van der Waals surface area contributed by atoms with Crippen molar-refractivity contribution in [1.29, 1.82) is 0 Å². The van der Waals surface area contributed by atoms with Crippen LogP contribution in [0, 0.1) is 11.8 Å². The molecule has 1 N–H and O–H groups in total. The van der Waals surface area contributed by atoms with Crippen molar-refractivity contribution in [2.75, 3.05) is 39.3 Å². The summed E-state index contributed by atoms with van der Waals surface area (Å²) in [6.45, 7) is 5.18. The topological polar surface area (TPSA) is 79.0 Å². The van der Waals surface area contributed by atoms with Crippen molar-refractivity contribution in [2.24, 2.45) is 11.8 Å². The van der Waals surface area contributed by atoms with Crippen LogP contribution in [0.25, 0.3) is 0 Å². The van der Waals surface area contributed by atoms with Crippen LogP contribution in [0.3, 0.4) is 0 Å². The van der Waals surface area contributed by atoms with Crippen molar-refractivity contribution in [3.8, 4) is 0 Å². The van der Waals surface area contributed by atoms with Crippen LogP contribution in [0.4, 0.5) is 0 Å². The van der Waals surface area contributed by atoms with Gasteiger partial charge in [0.25, 0.3) is 0 Å². The minimum Gasteiger partial charge on any atom is -0.376 e. The van der Waals surface area contributed by atoms with Crippen molar-refractivity contribution >= 4 is 17.7 Å². The van der Waals surface area contributed by atoms with E-state index in [1.165, 1.54) is 0 Å². The number of hydrogen-bond acceptors (Lipinski definition) is 4. The summed E-state index contributed by atoms with van der Waals surface area (Å²) in [5, 5.41) is 2.91. The van der Waals surface area contributed by atoms with Gasteiger partial charge in [0.1, 0.15) is 0 Å². The number of carbonyl (C=O) groups excluding carboxylic acids is 3. The summed E-state index contributed by atoms with van der Waals surface area (Å²) < 4.78 is 5.48. The molecule has 3 fully saturated rings. The smallest absolute Gasteiger partial charge is 0.226 e. The Morgan fingerprint density at radius 3 is 2.39 bits per heavy atom. The van der Waals surface area contributed by atoms with Gasteiger partial charge in [0.05, 0.1) is 17.9 Å². The lowest BCUT2D eigenvalue weighted by molar-refractivity contribution is -0.140. The fourth-order valence-electron chi connectivity index (χ4n) is 3.38. The van der Waals surface area contributed by atoms with Gasteiger partial charge in [-0.3, -0.25) is 14.4 Å². The third-order valence-corrected chi connectivity index (χ3v) is 5.01. The lowest BCUT2D eigenvalue weighted by Gasteiger charge is -2.34. The molecule has 3 amide bonds. The summed E-state index contributed by atoms with van der Waals surface area (Å²) in [6.07, 6.45) is 2.82. The van der Waals surface area contributed by atoms with Crippen LogP contribution in [0.1, 0.15) is 26.2 Å². The van der Waals surface area contributed by atoms with E-state index in [0.29, 0.717) is 39.1 Å². The van der Waals surface area contributed by atoms with Gasteiger partial charge in [0.2, 0.25) is 17.7 Å². The Kier molecular flexibility index (Phi) is 4.84. The van der Waals surface area contributed by atoms with Crippen LogP contribution >= 0.6 is 0 Å². The Bertz CT molecular complexity index is 482. The van der Waals surface area contributed by atoms with Crippen molar-refractivity contribution in [2.45, 2.75) is 32.3 Å². The second-order valence-corrected chi connectivity index (χ2v) is 6.66. The first-order valence-corrected chi connectivity index (χ1v) is 8.50. The van der Waals surface area contributed by atoms with Crippen molar-refractivity contribution in [3.63, 3.8) is 0 Å². The number of ether oxygens (including phenoxy) is 1. The molecule has 0 aromatic heterocycles. The molecule has 3 rings (SSSR count). The first-order valence-electron chi connectivity index (χ1n) is 8.50. The van der Waals surface area contributed by atoms with E-state index in [4.69, 9.17) is 4.74 Å². The molecule has 3 aliphatic rings. The molecule has 7 nitrogen and oxygen atoms in total. The molecular weight excluding hydrogens is 298 g/mol. The lowest BCUT2D eigenvalue weighted by atomic mass is 10.2. The molecule has 23 heavy (non-hydrogen) atoms. The van der Waals surface area contributed by atoms with Gasteiger partial charge in [0, 0.05) is 46.3 Å². The van der Waals surface area contributed by atoms with Gasteiger partial charge in [0.15, 0.2) is 0 Å². The van der Waals surface area contributed by atoms with E-state index < -0.39 is 0 Å². The molecule has 2 heterocycles. The third kappa shape index (κ3) is 3.83. The van der Waals surface area contributed by atoms with Crippen LogP contribution in [0.5, 0.6) is 0 Å². The average molecular weight is 323 g/mol. The predicted octanol–water partition coefficient (Wildman–Crippen LogP) is -0.392. The van der Waals surface area contributed by atoms with E-state index in [0.717, 1.165) is 19.4 Å². The minimum absolute atomic E-state index is 0.0266. The van der Waals surface area contributed by atoms with Crippen LogP contribution in [-0.4, -0.2) is 73.0 Å². The average Bonchev–Trinajstić information content (AvgIpc) is 3.19. The second-order valence-electron chi connectivity index (χ2n) is 6.66. The lowest BCUT2D eigenvalue weighted by Crippen LogP contribution is -2.50. The molecule has 128 valence electrons. The standard InChI is InChI=1S/C16H25N3O4/c1-11(20)18-4-6-19(7-5-18)16(22)14-9-13(14)15(21)17-10-12-3-2-8-23-12/h12-14H,2-10H2,1H3,(H,17,21). The van der Waals surface area contributed by atoms with E-state index in [1.807, 2.05) is 0 Å². The monoisotopic (exact) mass is 323 g/mol. The van der Waals surface area contributed by atoms with Crippen LogP contribution in [-0.2, 0) is 19.1 Å². The molecule has 0 spiro atoms. The highest BCUT2D eigenvalue weighted by atomic mass is 16.5. The second kappa shape index (κ2) is 6.86. The zero-order valence-electron chi connectivity index (χ0n) is 13.6. The van der Waals surface area contributed by atoms with E-state index in [-0.39, 0.29) is 35.7 Å². The summed E-state index contributed by atoms with van der Waals surface area (Å²) in [6, 6.07) is 0. The van der Waals surface area contributed by atoms with E-state index >= 15 is 0 Å². The van der Waals surface area contributed by atoms with Crippen molar-refractivity contribution in [3.05, 3.63) is 0 Å². The predicted molar refractivity (Wildman–Crippen MR) is 82.4 cm³/mol. The molecule has 1 aliphatic carbocycles.